The Bertz CT molecular complexity index is 1310. The molecule has 2 saturated heterocycles. The lowest BCUT2D eigenvalue weighted by molar-refractivity contribution is -0.137. The van der Waals surface area contributed by atoms with Gasteiger partial charge in [0.15, 0.2) is 5.52 Å². The fourth-order valence-corrected chi connectivity index (χ4v) is 6.66. The number of sulfonamides is 1. The number of carbonyl (C=O) groups excluding carboxylic acids is 1. The van der Waals surface area contributed by atoms with Crippen LogP contribution in [0.1, 0.15) is 24.0 Å². The Morgan fingerprint density at radius 3 is 2.56 bits per heavy atom. The molecule has 1 amide bonds. The van der Waals surface area contributed by atoms with Gasteiger partial charge in [-0.05, 0) is 66.3 Å². The molecule has 0 saturated carbocycles. The van der Waals surface area contributed by atoms with Crippen molar-refractivity contribution in [3.8, 4) is 0 Å². The summed E-state index contributed by atoms with van der Waals surface area (Å²) in [5.74, 6) is -0.299. The second-order valence-electron chi connectivity index (χ2n) is 9.12. The van der Waals surface area contributed by atoms with Crippen LogP contribution in [0.2, 0.25) is 0 Å². The molecule has 2 fully saturated rings. The number of hydrogen-bond donors (Lipinski definition) is 0. The first kappa shape index (κ1) is 22.8. The molecule has 1 aromatic heterocycles. The quantitative estimate of drug-likeness (QED) is 0.562. The molecule has 1 atom stereocenters. The number of rotatable bonds is 4. The minimum Gasteiger partial charge on any atom is -0.368 e. The van der Waals surface area contributed by atoms with Crippen LogP contribution in [0.15, 0.2) is 45.9 Å². The van der Waals surface area contributed by atoms with Crippen LogP contribution < -0.4 is 4.90 Å². The molecule has 9 nitrogen and oxygen atoms in total. The summed E-state index contributed by atoms with van der Waals surface area (Å²) < 4.78 is 32.9. The number of nitrogens with zero attached hydrogens (tertiary/aromatic N) is 5. The summed E-state index contributed by atoms with van der Waals surface area (Å²) in [6, 6.07) is 11.1. The molecule has 2 aromatic carbocycles. The Morgan fingerprint density at radius 2 is 1.76 bits per heavy atom. The van der Waals surface area contributed by atoms with E-state index in [4.69, 9.17) is 4.63 Å². The molecule has 0 spiro atoms. The molecule has 5 rings (SSSR count). The van der Waals surface area contributed by atoms with Gasteiger partial charge in [0.1, 0.15) is 10.4 Å². The smallest absolute Gasteiger partial charge is 0.245 e. The van der Waals surface area contributed by atoms with E-state index in [1.165, 1.54) is 27.2 Å². The molecule has 0 N–H and O–H groups in total. The van der Waals surface area contributed by atoms with Gasteiger partial charge in [0.2, 0.25) is 15.9 Å². The first-order valence-corrected chi connectivity index (χ1v) is 13.1. The molecule has 3 aromatic rings. The molecule has 2 aliphatic rings. The molecular formula is C24H29N5O4S. The van der Waals surface area contributed by atoms with Crippen molar-refractivity contribution in [3.63, 3.8) is 0 Å². The van der Waals surface area contributed by atoms with E-state index < -0.39 is 10.0 Å². The highest BCUT2D eigenvalue weighted by atomic mass is 32.2. The second kappa shape index (κ2) is 8.99. The van der Waals surface area contributed by atoms with Crippen LogP contribution in [0.5, 0.6) is 0 Å². The third-order valence-corrected chi connectivity index (χ3v) is 9.00. The number of fused-ring (bicyclic) bond motifs is 1. The molecular weight excluding hydrogens is 454 g/mol. The van der Waals surface area contributed by atoms with Crippen molar-refractivity contribution >= 4 is 32.7 Å². The Labute approximate surface area is 199 Å². The third kappa shape index (κ3) is 4.05. The van der Waals surface area contributed by atoms with Crippen molar-refractivity contribution in [3.05, 3.63) is 47.5 Å². The van der Waals surface area contributed by atoms with Crippen LogP contribution in [0, 0.1) is 19.8 Å². The summed E-state index contributed by atoms with van der Waals surface area (Å²) in [6.07, 6.45) is 1.34. The topological polar surface area (TPSA) is 99.8 Å². The SMILES string of the molecule is Cc1cccc(N2CCN(C(=O)[C@@H]3CCCN(S(=O)(=O)c4cccc5nonc45)C3)CC2)c1C. The van der Waals surface area contributed by atoms with Gasteiger partial charge in [0, 0.05) is 45.0 Å². The van der Waals surface area contributed by atoms with Crippen LogP contribution in [-0.4, -0.2) is 73.1 Å². The molecule has 0 bridgehead atoms. The zero-order chi connectivity index (χ0) is 23.9. The minimum atomic E-state index is -3.82. The molecule has 34 heavy (non-hydrogen) atoms. The number of anilines is 1. The Kier molecular flexibility index (Phi) is 6.03. The number of benzene rings is 2. The Balaban J connectivity index is 1.27. The molecule has 2 aliphatic heterocycles. The molecule has 0 radical (unpaired) electrons. The zero-order valence-electron chi connectivity index (χ0n) is 19.5. The largest absolute Gasteiger partial charge is 0.368 e. The molecule has 0 unspecified atom stereocenters. The van der Waals surface area contributed by atoms with E-state index in [1.54, 1.807) is 12.1 Å². The molecule has 3 heterocycles. The maximum Gasteiger partial charge on any atom is 0.245 e. The highest BCUT2D eigenvalue weighted by molar-refractivity contribution is 7.89. The Hall–Kier alpha value is -2.98. The normalized spacial score (nSPS) is 20.1. The fourth-order valence-electron chi connectivity index (χ4n) is 5.00. The van der Waals surface area contributed by atoms with Crippen molar-refractivity contribution < 1.29 is 17.8 Å². The number of piperazine rings is 1. The van der Waals surface area contributed by atoms with Gasteiger partial charge in [-0.3, -0.25) is 4.79 Å². The highest BCUT2D eigenvalue weighted by Gasteiger charge is 2.37. The van der Waals surface area contributed by atoms with Crippen LogP contribution in [0.4, 0.5) is 5.69 Å². The number of carbonyl (C=O) groups is 1. The zero-order valence-corrected chi connectivity index (χ0v) is 20.3. The highest BCUT2D eigenvalue weighted by Crippen LogP contribution is 2.29. The minimum absolute atomic E-state index is 0.0434. The maximum absolute atomic E-state index is 13.4. The third-order valence-electron chi connectivity index (χ3n) is 7.11. The van der Waals surface area contributed by atoms with Gasteiger partial charge in [-0.15, -0.1) is 0 Å². The van der Waals surface area contributed by atoms with E-state index in [0.717, 1.165) is 13.1 Å². The van der Waals surface area contributed by atoms with E-state index in [2.05, 4.69) is 47.3 Å². The van der Waals surface area contributed by atoms with Gasteiger partial charge in [0.25, 0.3) is 0 Å². The van der Waals surface area contributed by atoms with Gasteiger partial charge in [0.05, 0.1) is 5.92 Å². The number of aromatic nitrogens is 2. The summed E-state index contributed by atoms with van der Waals surface area (Å²) >= 11 is 0. The predicted molar refractivity (Wildman–Crippen MR) is 128 cm³/mol. The van der Waals surface area contributed by atoms with Crippen LogP contribution in [0.25, 0.3) is 11.0 Å². The summed E-state index contributed by atoms with van der Waals surface area (Å²) in [6.45, 7) is 7.63. The molecule has 0 aliphatic carbocycles. The van der Waals surface area contributed by atoms with Gasteiger partial charge in [-0.25, -0.2) is 13.0 Å². The van der Waals surface area contributed by atoms with Gasteiger partial charge >= 0.3 is 0 Å². The lowest BCUT2D eigenvalue weighted by atomic mass is 9.97. The first-order valence-electron chi connectivity index (χ1n) is 11.7. The van der Waals surface area contributed by atoms with Crippen molar-refractivity contribution in [2.24, 2.45) is 5.92 Å². The van der Waals surface area contributed by atoms with Gasteiger partial charge in [-0.2, -0.15) is 4.31 Å². The molecule has 180 valence electrons. The van der Waals surface area contributed by atoms with Crippen molar-refractivity contribution in [1.29, 1.82) is 0 Å². The van der Waals surface area contributed by atoms with Crippen LogP contribution >= 0.6 is 0 Å². The van der Waals surface area contributed by atoms with Crippen molar-refractivity contribution in [1.82, 2.24) is 19.5 Å². The standard InChI is InChI=1S/C24H29N5O4S/c1-17-6-3-9-21(18(17)2)27-12-14-28(15-13-27)24(30)19-7-5-11-29(16-19)34(31,32)22-10-4-8-20-23(22)26-33-25-20/h3-4,6,8-10,19H,5,7,11-16H2,1-2H3/t19-/m1/s1. The number of hydrogen-bond acceptors (Lipinski definition) is 7. The number of piperidine rings is 1. The number of amides is 1. The summed E-state index contributed by atoms with van der Waals surface area (Å²) in [4.78, 5) is 17.6. The van der Waals surface area contributed by atoms with E-state index in [0.29, 0.717) is 38.0 Å². The lowest BCUT2D eigenvalue weighted by Crippen LogP contribution is -2.53. The van der Waals surface area contributed by atoms with E-state index in [-0.39, 0.29) is 28.8 Å². The van der Waals surface area contributed by atoms with E-state index >= 15 is 0 Å². The molecule has 10 heteroatoms. The fraction of sp³-hybridized carbons (Fsp3) is 0.458. The lowest BCUT2D eigenvalue weighted by Gasteiger charge is -2.40. The van der Waals surface area contributed by atoms with E-state index in [9.17, 15) is 13.2 Å². The number of aryl methyl sites for hydroxylation is 1. The summed E-state index contributed by atoms with van der Waals surface area (Å²) in [5, 5.41) is 7.53. The first-order chi connectivity index (χ1) is 16.4. The average Bonchev–Trinajstić information content (AvgIpc) is 3.34. The predicted octanol–water partition coefficient (Wildman–Crippen LogP) is 2.59. The van der Waals surface area contributed by atoms with Crippen LogP contribution in [-0.2, 0) is 14.8 Å². The summed E-state index contributed by atoms with van der Waals surface area (Å²) in [7, 11) is -3.82. The Morgan fingerprint density at radius 1 is 1.00 bits per heavy atom. The van der Waals surface area contributed by atoms with Crippen molar-refractivity contribution in [2.75, 3.05) is 44.2 Å². The maximum atomic E-state index is 13.4. The van der Waals surface area contributed by atoms with E-state index in [1.807, 2.05) is 4.90 Å². The van der Waals surface area contributed by atoms with Crippen LogP contribution in [0.3, 0.4) is 0 Å². The van der Waals surface area contributed by atoms with Gasteiger partial charge in [-0.1, -0.05) is 18.2 Å². The second-order valence-corrected chi connectivity index (χ2v) is 11.0. The van der Waals surface area contributed by atoms with Crippen molar-refractivity contribution in [2.45, 2.75) is 31.6 Å². The average molecular weight is 484 g/mol. The monoisotopic (exact) mass is 483 g/mol. The summed E-state index contributed by atoms with van der Waals surface area (Å²) in [5.41, 5.74) is 4.37. The van der Waals surface area contributed by atoms with Gasteiger partial charge < -0.3 is 9.80 Å².